The molecule has 1 atom stereocenters. The van der Waals surface area contributed by atoms with Gasteiger partial charge in [-0.1, -0.05) is 32.0 Å². The molecule has 0 fully saturated rings. The van der Waals surface area contributed by atoms with Crippen LogP contribution in [0.1, 0.15) is 19.6 Å². The van der Waals surface area contributed by atoms with E-state index in [1.807, 2.05) is 30.3 Å². The molecule has 1 aromatic carbocycles. The lowest BCUT2D eigenvalue weighted by molar-refractivity contribution is 0.0259. The number of furan rings is 1. The second kappa shape index (κ2) is 7.43. The number of hydrogen-bond donors (Lipinski definition) is 2. The third kappa shape index (κ3) is 4.63. The standard InChI is InChI=1S/C16H23NO3/c1-12(2)10-19-11-14(18)8-17-9-15-7-13-5-3-4-6-16(13)20-15/h3-7,12,14,17-18H,8-11H2,1-2H3. The zero-order valence-corrected chi connectivity index (χ0v) is 12.1. The molecule has 0 aliphatic carbocycles. The van der Waals surface area contributed by atoms with Gasteiger partial charge in [0.1, 0.15) is 11.3 Å². The molecule has 2 N–H and O–H groups in total. The number of aliphatic hydroxyl groups excluding tert-OH is 1. The minimum Gasteiger partial charge on any atom is -0.460 e. The van der Waals surface area contributed by atoms with Crippen LogP contribution >= 0.6 is 0 Å². The smallest absolute Gasteiger partial charge is 0.134 e. The van der Waals surface area contributed by atoms with E-state index in [0.29, 0.717) is 32.2 Å². The van der Waals surface area contributed by atoms with E-state index in [9.17, 15) is 5.11 Å². The van der Waals surface area contributed by atoms with Gasteiger partial charge in [-0.3, -0.25) is 0 Å². The molecule has 1 unspecified atom stereocenters. The summed E-state index contributed by atoms with van der Waals surface area (Å²) in [5.74, 6) is 1.37. The van der Waals surface area contributed by atoms with E-state index in [4.69, 9.17) is 9.15 Å². The van der Waals surface area contributed by atoms with Gasteiger partial charge in [0, 0.05) is 18.5 Å². The highest BCUT2D eigenvalue weighted by atomic mass is 16.5. The van der Waals surface area contributed by atoms with Crippen LogP contribution in [0.15, 0.2) is 34.7 Å². The van der Waals surface area contributed by atoms with E-state index < -0.39 is 6.10 Å². The fourth-order valence-electron chi connectivity index (χ4n) is 1.98. The Morgan fingerprint density at radius 1 is 1.25 bits per heavy atom. The lowest BCUT2D eigenvalue weighted by Crippen LogP contribution is -2.30. The largest absolute Gasteiger partial charge is 0.460 e. The third-order valence-electron chi connectivity index (χ3n) is 2.92. The molecule has 0 radical (unpaired) electrons. The zero-order chi connectivity index (χ0) is 14.4. The van der Waals surface area contributed by atoms with Crippen molar-refractivity contribution in [2.75, 3.05) is 19.8 Å². The van der Waals surface area contributed by atoms with Gasteiger partial charge in [-0.15, -0.1) is 0 Å². The number of para-hydroxylation sites is 1. The average molecular weight is 277 g/mol. The lowest BCUT2D eigenvalue weighted by Gasteiger charge is -2.12. The molecular weight excluding hydrogens is 254 g/mol. The van der Waals surface area contributed by atoms with Crippen LogP contribution in [-0.2, 0) is 11.3 Å². The molecule has 0 spiro atoms. The van der Waals surface area contributed by atoms with Crippen molar-refractivity contribution in [3.8, 4) is 0 Å². The minimum absolute atomic E-state index is 0.366. The molecular formula is C16H23NO3. The Bertz CT molecular complexity index is 488. The van der Waals surface area contributed by atoms with Gasteiger partial charge in [-0.25, -0.2) is 0 Å². The summed E-state index contributed by atoms with van der Waals surface area (Å²) in [6.07, 6.45) is -0.488. The van der Waals surface area contributed by atoms with E-state index in [1.165, 1.54) is 0 Å². The highest BCUT2D eigenvalue weighted by molar-refractivity contribution is 5.77. The van der Waals surface area contributed by atoms with Crippen molar-refractivity contribution < 1.29 is 14.3 Å². The lowest BCUT2D eigenvalue weighted by atomic mass is 10.2. The summed E-state index contributed by atoms with van der Waals surface area (Å²) in [6.45, 7) is 6.33. The van der Waals surface area contributed by atoms with Crippen LogP contribution < -0.4 is 5.32 Å². The number of aliphatic hydroxyl groups is 1. The predicted octanol–water partition coefficient (Wildman–Crippen LogP) is 2.56. The summed E-state index contributed by atoms with van der Waals surface area (Å²) in [5.41, 5.74) is 0.894. The highest BCUT2D eigenvalue weighted by Crippen LogP contribution is 2.18. The molecule has 1 aromatic heterocycles. The van der Waals surface area contributed by atoms with Gasteiger partial charge in [0.25, 0.3) is 0 Å². The molecule has 0 aliphatic heterocycles. The Hall–Kier alpha value is -1.36. The van der Waals surface area contributed by atoms with Crippen LogP contribution in [-0.4, -0.2) is 31.0 Å². The first kappa shape index (κ1) is 15.0. The van der Waals surface area contributed by atoms with Crippen molar-refractivity contribution >= 4 is 11.0 Å². The fraction of sp³-hybridized carbons (Fsp3) is 0.500. The molecule has 20 heavy (non-hydrogen) atoms. The van der Waals surface area contributed by atoms with Gasteiger partial charge in [0.15, 0.2) is 0 Å². The molecule has 0 aliphatic rings. The molecule has 0 saturated carbocycles. The first-order chi connectivity index (χ1) is 9.65. The monoisotopic (exact) mass is 277 g/mol. The minimum atomic E-state index is -0.488. The summed E-state index contributed by atoms with van der Waals surface area (Å²) in [5, 5.41) is 14.0. The van der Waals surface area contributed by atoms with E-state index in [0.717, 1.165) is 16.7 Å². The maximum atomic E-state index is 9.76. The molecule has 0 bridgehead atoms. The molecule has 4 heteroatoms. The van der Waals surface area contributed by atoms with Crippen molar-refractivity contribution in [2.45, 2.75) is 26.5 Å². The van der Waals surface area contributed by atoms with Crippen molar-refractivity contribution in [1.29, 1.82) is 0 Å². The van der Waals surface area contributed by atoms with Crippen LogP contribution in [0, 0.1) is 5.92 Å². The van der Waals surface area contributed by atoms with Gasteiger partial charge >= 0.3 is 0 Å². The zero-order valence-electron chi connectivity index (χ0n) is 12.1. The predicted molar refractivity (Wildman–Crippen MR) is 79.6 cm³/mol. The van der Waals surface area contributed by atoms with Crippen molar-refractivity contribution in [3.63, 3.8) is 0 Å². The number of benzene rings is 1. The fourth-order valence-corrected chi connectivity index (χ4v) is 1.98. The van der Waals surface area contributed by atoms with E-state index >= 15 is 0 Å². The molecule has 4 nitrogen and oxygen atoms in total. The van der Waals surface area contributed by atoms with Crippen LogP contribution in [0.25, 0.3) is 11.0 Å². The molecule has 0 amide bonds. The van der Waals surface area contributed by atoms with Crippen LogP contribution in [0.3, 0.4) is 0 Å². The second-order valence-electron chi connectivity index (χ2n) is 5.47. The van der Waals surface area contributed by atoms with Crippen molar-refractivity contribution in [2.24, 2.45) is 5.92 Å². The third-order valence-corrected chi connectivity index (χ3v) is 2.92. The first-order valence-corrected chi connectivity index (χ1v) is 7.09. The summed E-state index contributed by atoms with van der Waals surface area (Å²) in [4.78, 5) is 0. The maximum absolute atomic E-state index is 9.76. The van der Waals surface area contributed by atoms with E-state index in [1.54, 1.807) is 0 Å². The van der Waals surface area contributed by atoms with Crippen LogP contribution in [0.2, 0.25) is 0 Å². The molecule has 110 valence electrons. The summed E-state index contributed by atoms with van der Waals surface area (Å²) in [6, 6.07) is 9.94. The topological polar surface area (TPSA) is 54.6 Å². The number of rotatable bonds is 8. The number of nitrogens with one attached hydrogen (secondary N) is 1. The summed E-state index contributed by atoms with van der Waals surface area (Å²) >= 11 is 0. The molecule has 2 rings (SSSR count). The SMILES string of the molecule is CC(C)COCC(O)CNCc1cc2ccccc2o1. The Morgan fingerprint density at radius 3 is 2.80 bits per heavy atom. The second-order valence-corrected chi connectivity index (χ2v) is 5.47. The Labute approximate surface area is 119 Å². The van der Waals surface area contributed by atoms with E-state index in [-0.39, 0.29) is 0 Å². The Morgan fingerprint density at radius 2 is 2.05 bits per heavy atom. The van der Waals surface area contributed by atoms with Gasteiger partial charge in [-0.2, -0.15) is 0 Å². The summed E-state index contributed by atoms with van der Waals surface area (Å²) < 4.78 is 11.1. The van der Waals surface area contributed by atoms with Gasteiger partial charge in [0.2, 0.25) is 0 Å². The number of fused-ring (bicyclic) bond motifs is 1. The van der Waals surface area contributed by atoms with Crippen molar-refractivity contribution in [3.05, 3.63) is 36.1 Å². The molecule has 1 heterocycles. The van der Waals surface area contributed by atoms with Crippen LogP contribution in [0.4, 0.5) is 0 Å². The highest BCUT2D eigenvalue weighted by Gasteiger charge is 2.06. The van der Waals surface area contributed by atoms with Crippen molar-refractivity contribution in [1.82, 2.24) is 5.32 Å². The Balaban J connectivity index is 1.70. The van der Waals surface area contributed by atoms with E-state index in [2.05, 4.69) is 19.2 Å². The number of ether oxygens (including phenoxy) is 1. The Kier molecular flexibility index (Phi) is 5.59. The normalized spacial score (nSPS) is 13.2. The quantitative estimate of drug-likeness (QED) is 0.778. The maximum Gasteiger partial charge on any atom is 0.134 e. The molecule has 0 saturated heterocycles. The van der Waals surface area contributed by atoms with Gasteiger partial charge in [-0.05, 0) is 18.1 Å². The molecule has 2 aromatic rings. The average Bonchev–Trinajstić information content (AvgIpc) is 2.80. The van der Waals surface area contributed by atoms with Gasteiger partial charge in [0.05, 0.1) is 19.3 Å². The summed E-state index contributed by atoms with van der Waals surface area (Å²) in [7, 11) is 0. The number of hydrogen-bond acceptors (Lipinski definition) is 4. The van der Waals surface area contributed by atoms with Crippen LogP contribution in [0.5, 0.6) is 0 Å². The van der Waals surface area contributed by atoms with Gasteiger partial charge < -0.3 is 19.6 Å². The first-order valence-electron chi connectivity index (χ1n) is 7.09.